The van der Waals surface area contributed by atoms with Gasteiger partial charge in [0.25, 0.3) is 0 Å². The number of alkyl halides is 3. The number of halogens is 4. The van der Waals surface area contributed by atoms with Crippen LogP contribution in [-0.4, -0.2) is 44.6 Å². The first-order chi connectivity index (χ1) is 16.6. The van der Waals surface area contributed by atoms with Crippen LogP contribution in [0.4, 0.5) is 35.0 Å². The van der Waals surface area contributed by atoms with Crippen molar-refractivity contribution in [2.24, 2.45) is 5.73 Å². The van der Waals surface area contributed by atoms with Gasteiger partial charge < -0.3 is 21.1 Å². The summed E-state index contributed by atoms with van der Waals surface area (Å²) in [5, 5.41) is 5.22. The van der Waals surface area contributed by atoms with E-state index in [9.17, 15) is 26.0 Å². The van der Waals surface area contributed by atoms with Crippen molar-refractivity contribution in [1.29, 1.82) is 0 Å². The molecule has 5 N–H and O–H groups in total. The lowest BCUT2D eigenvalue weighted by Crippen LogP contribution is -2.29. The molecule has 0 radical (unpaired) electrons. The van der Waals surface area contributed by atoms with E-state index in [0.29, 0.717) is 24.0 Å². The molecule has 0 aliphatic rings. The van der Waals surface area contributed by atoms with Gasteiger partial charge in [0, 0.05) is 31.4 Å². The van der Waals surface area contributed by atoms with Crippen LogP contribution in [0, 0.1) is 5.82 Å². The van der Waals surface area contributed by atoms with Crippen molar-refractivity contribution in [3.05, 3.63) is 66.1 Å². The molecule has 3 rings (SSSR count). The fraction of sp³-hybridized carbons (Fsp3) is 0.238. The van der Waals surface area contributed by atoms with Gasteiger partial charge >= 0.3 is 6.18 Å². The van der Waals surface area contributed by atoms with Gasteiger partial charge in [0.1, 0.15) is 24.0 Å². The molecular weight excluding hydrogens is 492 g/mol. The summed E-state index contributed by atoms with van der Waals surface area (Å²) in [5.74, 6) is -0.596. The number of hydrogen-bond donors (Lipinski definition) is 4. The molecule has 0 aliphatic carbocycles. The van der Waals surface area contributed by atoms with Crippen molar-refractivity contribution in [1.82, 2.24) is 14.7 Å². The fourth-order valence-electron chi connectivity index (χ4n) is 2.75. The predicted octanol–water partition coefficient (Wildman–Crippen LogP) is 3.11. The van der Waals surface area contributed by atoms with Crippen molar-refractivity contribution in [2.45, 2.75) is 11.1 Å². The summed E-state index contributed by atoms with van der Waals surface area (Å²) in [4.78, 5) is 7.39. The van der Waals surface area contributed by atoms with Crippen LogP contribution >= 0.6 is 0 Å². The van der Waals surface area contributed by atoms with E-state index in [0.717, 1.165) is 12.1 Å². The third-order valence-electron chi connectivity index (χ3n) is 4.35. The maximum absolute atomic E-state index is 13.3. The number of nitrogens with two attached hydrogens (primary N) is 1. The Hall–Kier alpha value is -3.49. The summed E-state index contributed by atoms with van der Waals surface area (Å²) < 4.78 is 85.3. The van der Waals surface area contributed by atoms with E-state index in [1.54, 1.807) is 0 Å². The van der Waals surface area contributed by atoms with E-state index in [-0.39, 0.29) is 36.4 Å². The molecule has 3 aromatic rings. The molecule has 14 heteroatoms. The van der Waals surface area contributed by atoms with Crippen LogP contribution in [0.3, 0.4) is 0 Å². The van der Waals surface area contributed by atoms with Crippen molar-refractivity contribution in [3.63, 3.8) is 0 Å². The maximum Gasteiger partial charge on any atom is 0.433 e. The van der Waals surface area contributed by atoms with Crippen LogP contribution in [-0.2, 0) is 16.2 Å². The van der Waals surface area contributed by atoms with Crippen molar-refractivity contribution in [2.75, 3.05) is 36.9 Å². The second-order valence-electron chi connectivity index (χ2n) is 7.02. The normalized spacial score (nSPS) is 11.8. The summed E-state index contributed by atoms with van der Waals surface area (Å²) in [6.07, 6.45) is -4.75. The molecule has 0 bridgehead atoms. The first-order valence-electron chi connectivity index (χ1n) is 10.2. The minimum atomic E-state index is -4.75. The Morgan fingerprint density at radius 3 is 2.29 bits per heavy atom. The third-order valence-corrected chi connectivity index (χ3v) is 5.83. The standard InChI is InChI=1S/C21H22F4N6O3S/c22-14-1-3-15(4-2-14)29-19-13-18(21(23,24)25)30-20(31-19)27-10-11-28-35(32,33)17-7-5-16(6-8-17)34-12-9-26/h1-8,13,28H,9-12,26H2,(H2,27,29,30,31). The molecule has 0 unspecified atom stereocenters. The van der Waals surface area contributed by atoms with Crippen LogP contribution in [0.2, 0.25) is 0 Å². The Morgan fingerprint density at radius 1 is 0.971 bits per heavy atom. The topological polar surface area (TPSA) is 131 Å². The largest absolute Gasteiger partial charge is 0.492 e. The van der Waals surface area contributed by atoms with Crippen LogP contribution in [0.5, 0.6) is 5.75 Å². The van der Waals surface area contributed by atoms with E-state index in [1.165, 1.54) is 36.4 Å². The maximum atomic E-state index is 13.3. The van der Waals surface area contributed by atoms with Gasteiger partial charge in [0.15, 0.2) is 5.69 Å². The molecule has 0 saturated heterocycles. The van der Waals surface area contributed by atoms with Gasteiger partial charge in [-0.3, -0.25) is 0 Å². The molecule has 0 aliphatic heterocycles. The molecule has 0 spiro atoms. The first-order valence-corrected chi connectivity index (χ1v) is 11.7. The van der Waals surface area contributed by atoms with Gasteiger partial charge in [0.05, 0.1) is 4.90 Å². The summed E-state index contributed by atoms with van der Waals surface area (Å²) in [6, 6.07) is 11.3. The van der Waals surface area contributed by atoms with Crippen LogP contribution in [0.25, 0.3) is 0 Å². The fourth-order valence-corrected chi connectivity index (χ4v) is 3.78. The first kappa shape index (κ1) is 26.1. The lowest BCUT2D eigenvalue weighted by molar-refractivity contribution is -0.141. The molecule has 1 heterocycles. The highest BCUT2D eigenvalue weighted by molar-refractivity contribution is 7.89. The number of anilines is 3. The smallest absolute Gasteiger partial charge is 0.433 e. The Kier molecular flexibility index (Phi) is 8.43. The van der Waals surface area contributed by atoms with Gasteiger partial charge in [0.2, 0.25) is 16.0 Å². The predicted molar refractivity (Wildman–Crippen MR) is 121 cm³/mol. The van der Waals surface area contributed by atoms with E-state index < -0.39 is 27.7 Å². The van der Waals surface area contributed by atoms with Gasteiger partial charge in [-0.15, -0.1) is 0 Å². The summed E-state index contributed by atoms with van der Waals surface area (Å²) in [6.45, 7) is 0.338. The van der Waals surface area contributed by atoms with Crippen LogP contribution < -0.4 is 25.8 Å². The zero-order valence-electron chi connectivity index (χ0n) is 18.1. The number of hydrogen-bond acceptors (Lipinski definition) is 8. The Bertz CT molecular complexity index is 1220. The molecule has 0 amide bonds. The van der Waals surface area contributed by atoms with E-state index >= 15 is 0 Å². The van der Waals surface area contributed by atoms with E-state index in [2.05, 4.69) is 25.3 Å². The average Bonchev–Trinajstić information content (AvgIpc) is 2.81. The second kappa shape index (κ2) is 11.3. The van der Waals surface area contributed by atoms with Crippen molar-refractivity contribution >= 4 is 27.5 Å². The van der Waals surface area contributed by atoms with Gasteiger partial charge in [-0.05, 0) is 48.5 Å². The highest BCUT2D eigenvalue weighted by Crippen LogP contribution is 2.30. The second-order valence-corrected chi connectivity index (χ2v) is 8.79. The highest BCUT2D eigenvalue weighted by Gasteiger charge is 2.33. The number of sulfonamides is 1. The molecule has 2 aromatic carbocycles. The lowest BCUT2D eigenvalue weighted by Gasteiger charge is -2.13. The number of benzene rings is 2. The number of ether oxygens (including phenoxy) is 1. The Morgan fingerprint density at radius 2 is 1.66 bits per heavy atom. The molecule has 0 saturated carbocycles. The zero-order valence-corrected chi connectivity index (χ0v) is 19.0. The molecule has 9 nitrogen and oxygen atoms in total. The minimum Gasteiger partial charge on any atom is -0.492 e. The average molecular weight is 515 g/mol. The summed E-state index contributed by atoms with van der Waals surface area (Å²) >= 11 is 0. The molecule has 188 valence electrons. The molecule has 0 fully saturated rings. The molecule has 1 aromatic heterocycles. The van der Waals surface area contributed by atoms with E-state index in [1.807, 2.05) is 0 Å². The van der Waals surface area contributed by atoms with Crippen LogP contribution in [0.1, 0.15) is 5.69 Å². The molecular formula is C21H22F4N6O3S. The number of rotatable bonds is 11. The van der Waals surface area contributed by atoms with Gasteiger partial charge in [-0.25, -0.2) is 22.5 Å². The summed E-state index contributed by atoms with van der Waals surface area (Å²) in [5.41, 5.74) is 4.45. The summed E-state index contributed by atoms with van der Waals surface area (Å²) in [7, 11) is -3.87. The number of nitrogens with one attached hydrogen (secondary N) is 3. The SMILES string of the molecule is NCCOc1ccc(S(=O)(=O)NCCNc2nc(Nc3ccc(F)cc3)cc(C(F)(F)F)n2)cc1. The van der Waals surface area contributed by atoms with Crippen molar-refractivity contribution < 1.29 is 30.7 Å². The van der Waals surface area contributed by atoms with E-state index in [4.69, 9.17) is 10.5 Å². The Balaban J connectivity index is 1.63. The van der Waals surface area contributed by atoms with Gasteiger partial charge in [-0.1, -0.05) is 0 Å². The zero-order chi connectivity index (χ0) is 25.5. The molecule has 0 atom stereocenters. The van der Waals surface area contributed by atoms with Gasteiger partial charge in [-0.2, -0.15) is 18.2 Å². The quantitative estimate of drug-likeness (QED) is 0.227. The molecule has 35 heavy (non-hydrogen) atoms. The number of nitrogens with zero attached hydrogens (tertiary/aromatic N) is 2. The minimum absolute atomic E-state index is 0.0151. The Labute approximate surface area is 198 Å². The highest BCUT2D eigenvalue weighted by atomic mass is 32.2. The van der Waals surface area contributed by atoms with Crippen molar-refractivity contribution in [3.8, 4) is 5.75 Å². The van der Waals surface area contributed by atoms with Crippen LogP contribution in [0.15, 0.2) is 59.5 Å². The monoisotopic (exact) mass is 514 g/mol. The lowest BCUT2D eigenvalue weighted by atomic mass is 10.3. The number of aromatic nitrogens is 2. The third kappa shape index (κ3) is 7.77.